The fraction of sp³-hybridized carbons (Fsp3) is 0.714. The van der Waals surface area contributed by atoms with Crippen molar-refractivity contribution >= 4 is 10.0 Å². The van der Waals surface area contributed by atoms with Gasteiger partial charge >= 0.3 is 0 Å². The van der Waals surface area contributed by atoms with Gasteiger partial charge in [-0.05, 0) is 25.5 Å². The Morgan fingerprint density at radius 3 is 2.65 bits per heavy atom. The van der Waals surface area contributed by atoms with Crippen LogP contribution in [0.5, 0.6) is 0 Å². The van der Waals surface area contributed by atoms with E-state index in [0.717, 1.165) is 26.1 Å². The lowest BCUT2D eigenvalue weighted by Crippen LogP contribution is -2.57. The Kier molecular flexibility index (Phi) is 3.43. The molecule has 1 aromatic heterocycles. The fourth-order valence-electron chi connectivity index (χ4n) is 3.48. The lowest BCUT2D eigenvalue weighted by molar-refractivity contribution is 0.00507. The van der Waals surface area contributed by atoms with Gasteiger partial charge in [0.2, 0.25) is 10.0 Å². The molecule has 0 N–H and O–H groups in total. The first-order chi connectivity index (χ1) is 9.44. The molecule has 3 heterocycles. The summed E-state index contributed by atoms with van der Waals surface area (Å²) in [4.78, 5) is 2.41. The van der Waals surface area contributed by atoms with E-state index >= 15 is 0 Å². The maximum absolute atomic E-state index is 11.9. The van der Waals surface area contributed by atoms with Crippen molar-refractivity contribution in [2.24, 2.45) is 12.5 Å². The van der Waals surface area contributed by atoms with Crippen molar-refractivity contribution in [3.8, 4) is 0 Å². The zero-order valence-corrected chi connectivity index (χ0v) is 13.1. The van der Waals surface area contributed by atoms with Crippen LogP contribution >= 0.6 is 0 Å². The lowest BCUT2D eigenvalue weighted by Gasteiger charge is -2.48. The molecular formula is C14H23N3O2S. The number of aryl methyl sites for hydroxylation is 1. The highest BCUT2D eigenvalue weighted by Gasteiger charge is 2.49. The number of hydrogen-bond acceptors (Lipinski definition) is 3. The first kappa shape index (κ1) is 14.1. The average Bonchev–Trinajstić information content (AvgIpc) is 2.97. The Morgan fingerprint density at radius 1 is 1.30 bits per heavy atom. The van der Waals surface area contributed by atoms with Crippen molar-refractivity contribution in [1.29, 1.82) is 0 Å². The molecule has 3 rings (SSSR count). The SMILES string of the molecule is CCS(=O)(=O)N1CCC2(CN(Cc3cccn3C)C2)C1. The van der Waals surface area contributed by atoms with E-state index in [0.29, 0.717) is 13.1 Å². The summed E-state index contributed by atoms with van der Waals surface area (Å²) in [6.07, 6.45) is 3.08. The van der Waals surface area contributed by atoms with E-state index < -0.39 is 10.0 Å². The third-order valence-corrected chi connectivity index (χ3v) is 6.54. The Morgan fingerprint density at radius 2 is 2.05 bits per heavy atom. The Bertz CT molecular complexity index is 587. The van der Waals surface area contributed by atoms with E-state index in [4.69, 9.17) is 0 Å². The van der Waals surface area contributed by atoms with Crippen LogP contribution in [0.25, 0.3) is 0 Å². The molecule has 2 aliphatic heterocycles. The highest BCUT2D eigenvalue weighted by atomic mass is 32.2. The molecule has 0 saturated carbocycles. The van der Waals surface area contributed by atoms with E-state index in [-0.39, 0.29) is 11.2 Å². The summed E-state index contributed by atoms with van der Waals surface area (Å²) in [5.41, 5.74) is 1.53. The number of likely N-dealkylation sites (tertiary alicyclic amines) is 1. The molecule has 0 unspecified atom stereocenters. The van der Waals surface area contributed by atoms with Gasteiger partial charge in [-0.15, -0.1) is 0 Å². The zero-order chi connectivity index (χ0) is 14.4. The monoisotopic (exact) mass is 297 g/mol. The molecule has 2 saturated heterocycles. The highest BCUT2D eigenvalue weighted by Crippen LogP contribution is 2.41. The predicted molar refractivity (Wildman–Crippen MR) is 78.8 cm³/mol. The van der Waals surface area contributed by atoms with Gasteiger partial charge in [0.25, 0.3) is 0 Å². The molecule has 6 heteroatoms. The van der Waals surface area contributed by atoms with Crippen molar-refractivity contribution in [1.82, 2.24) is 13.8 Å². The van der Waals surface area contributed by atoms with Crippen LogP contribution in [0.1, 0.15) is 19.0 Å². The molecule has 2 fully saturated rings. The van der Waals surface area contributed by atoms with Crippen LogP contribution < -0.4 is 0 Å². The normalized spacial score (nSPS) is 23.3. The molecule has 0 atom stereocenters. The fourth-order valence-corrected chi connectivity index (χ4v) is 4.68. The van der Waals surface area contributed by atoms with Crippen LogP contribution in [0.3, 0.4) is 0 Å². The minimum absolute atomic E-state index is 0.216. The predicted octanol–water partition coefficient (Wildman–Crippen LogP) is 0.882. The Balaban J connectivity index is 1.57. The number of aromatic nitrogens is 1. The van der Waals surface area contributed by atoms with Gasteiger partial charge < -0.3 is 4.57 Å². The molecule has 1 spiro atoms. The van der Waals surface area contributed by atoms with Gasteiger partial charge in [0.15, 0.2) is 0 Å². The van der Waals surface area contributed by atoms with Crippen LogP contribution in [0.4, 0.5) is 0 Å². The molecule has 5 nitrogen and oxygen atoms in total. The van der Waals surface area contributed by atoms with Crippen LogP contribution in [-0.2, 0) is 23.6 Å². The second kappa shape index (κ2) is 4.86. The van der Waals surface area contributed by atoms with Gasteiger partial charge in [-0.25, -0.2) is 12.7 Å². The van der Waals surface area contributed by atoms with Gasteiger partial charge in [0.1, 0.15) is 0 Å². The summed E-state index contributed by atoms with van der Waals surface area (Å²) in [6, 6.07) is 4.21. The lowest BCUT2D eigenvalue weighted by atomic mass is 9.79. The topological polar surface area (TPSA) is 45.6 Å². The molecule has 112 valence electrons. The van der Waals surface area contributed by atoms with Crippen molar-refractivity contribution in [2.45, 2.75) is 19.9 Å². The largest absolute Gasteiger partial charge is 0.353 e. The van der Waals surface area contributed by atoms with Crippen molar-refractivity contribution < 1.29 is 8.42 Å². The third kappa shape index (κ3) is 2.40. The van der Waals surface area contributed by atoms with Crippen LogP contribution in [0.2, 0.25) is 0 Å². The summed E-state index contributed by atoms with van der Waals surface area (Å²) in [7, 11) is -0.943. The van der Waals surface area contributed by atoms with Crippen molar-refractivity contribution in [3.05, 3.63) is 24.0 Å². The molecule has 0 aliphatic carbocycles. The summed E-state index contributed by atoms with van der Waals surface area (Å²) >= 11 is 0. The third-order valence-electron chi connectivity index (χ3n) is 4.72. The van der Waals surface area contributed by atoms with E-state index in [2.05, 4.69) is 34.8 Å². The molecule has 20 heavy (non-hydrogen) atoms. The van der Waals surface area contributed by atoms with Gasteiger partial charge in [0.05, 0.1) is 5.75 Å². The molecule has 2 aliphatic rings. The molecule has 0 aromatic carbocycles. The summed E-state index contributed by atoms with van der Waals surface area (Å²) in [5.74, 6) is 0.218. The molecule has 0 radical (unpaired) electrons. The van der Waals surface area contributed by atoms with Crippen LogP contribution in [-0.4, -0.2) is 54.1 Å². The van der Waals surface area contributed by atoms with Gasteiger partial charge in [0, 0.05) is 57.1 Å². The molecule has 0 amide bonds. The second-order valence-corrected chi connectivity index (χ2v) is 8.50. The minimum Gasteiger partial charge on any atom is -0.353 e. The Labute approximate surface area is 121 Å². The first-order valence-corrected chi connectivity index (χ1v) is 8.85. The van der Waals surface area contributed by atoms with Gasteiger partial charge in [-0.1, -0.05) is 0 Å². The van der Waals surface area contributed by atoms with E-state index in [1.807, 2.05) is 0 Å². The smallest absolute Gasteiger partial charge is 0.213 e. The highest BCUT2D eigenvalue weighted by molar-refractivity contribution is 7.89. The van der Waals surface area contributed by atoms with Crippen LogP contribution in [0, 0.1) is 5.41 Å². The number of sulfonamides is 1. The number of rotatable bonds is 4. The summed E-state index contributed by atoms with van der Waals surface area (Å²) in [5, 5.41) is 0. The first-order valence-electron chi connectivity index (χ1n) is 7.24. The average molecular weight is 297 g/mol. The van der Waals surface area contributed by atoms with Gasteiger partial charge in [-0.2, -0.15) is 0 Å². The maximum atomic E-state index is 11.9. The maximum Gasteiger partial charge on any atom is 0.213 e. The Hall–Kier alpha value is -0.850. The van der Waals surface area contributed by atoms with E-state index in [1.54, 1.807) is 11.2 Å². The van der Waals surface area contributed by atoms with Gasteiger partial charge in [-0.3, -0.25) is 4.90 Å². The van der Waals surface area contributed by atoms with Crippen LogP contribution in [0.15, 0.2) is 18.3 Å². The minimum atomic E-state index is -3.01. The summed E-state index contributed by atoms with van der Waals surface area (Å²) < 4.78 is 27.7. The number of hydrogen-bond donors (Lipinski definition) is 0. The zero-order valence-electron chi connectivity index (χ0n) is 12.2. The molecule has 1 aromatic rings. The summed E-state index contributed by atoms with van der Waals surface area (Å²) in [6.45, 7) is 6.15. The van der Waals surface area contributed by atoms with Crippen molar-refractivity contribution in [2.75, 3.05) is 31.9 Å². The second-order valence-electron chi connectivity index (χ2n) is 6.24. The molecule has 0 bridgehead atoms. The van der Waals surface area contributed by atoms with E-state index in [1.165, 1.54) is 5.69 Å². The molecular weight excluding hydrogens is 274 g/mol. The standard InChI is InChI=1S/C14H23N3O2S/c1-3-20(18,19)17-8-6-14(12-17)10-16(11-14)9-13-5-4-7-15(13)2/h4-5,7H,3,6,8-12H2,1-2H3. The number of nitrogens with zero attached hydrogens (tertiary/aromatic N) is 3. The quantitative estimate of drug-likeness (QED) is 0.829. The van der Waals surface area contributed by atoms with Crippen molar-refractivity contribution in [3.63, 3.8) is 0 Å². The van der Waals surface area contributed by atoms with E-state index in [9.17, 15) is 8.42 Å².